The van der Waals surface area contributed by atoms with Crippen LogP contribution >= 0.6 is 0 Å². The molecule has 58 heavy (non-hydrogen) atoms. The Morgan fingerprint density at radius 1 is 0.293 bits per heavy atom. The predicted octanol–water partition coefficient (Wildman–Crippen LogP) is 16.0. The maximum Gasteiger partial charge on any atom is 0.136 e. The van der Waals surface area contributed by atoms with Crippen molar-refractivity contribution in [2.75, 3.05) is 4.90 Å². The Balaban J connectivity index is 1.03. The van der Waals surface area contributed by atoms with Gasteiger partial charge in [0.15, 0.2) is 0 Å². The fourth-order valence-electron chi connectivity index (χ4n) is 8.69. The van der Waals surface area contributed by atoms with Crippen LogP contribution in [0.15, 0.2) is 229 Å². The predicted molar refractivity (Wildman–Crippen MR) is 245 cm³/mol. The molecule has 0 fully saturated rings. The second-order valence-corrected chi connectivity index (χ2v) is 14.9. The van der Waals surface area contributed by atoms with Crippen LogP contribution in [0.4, 0.5) is 17.1 Å². The van der Waals surface area contributed by atoms with Crippen LogP contribution in [0.25, 0.3) is 88.0 Å². The SMILES string of the molecule is c1ccc(-c2ccc(N(c3ccc(-c4ccc(-c5cccc6ccccc56)cc4)cc3)c3ccccc3-c3cc4oc5ccccc5c4c4ccccc34)cc2)cc1. The lowest BCUT2D eigenvalue weighted by Crippen LogP contribution is -2.11. The van der Waals surface area contributed by atoms with Gasteiger partial charge in [-0.15, -0.1) is 0 Å². The van der Waals surface area contributed by atoms with Gasteiger partial charge in [0.05, 0.1) is 5.69 Å². The van der Waals surface area contributed by atoms with Crippen LogP contribution < -0.4 is 4.90 Å². The Morgan fingerprint density at radius 3 is 1.52 bits per heavy atom. The van der Waals surface area contributed by atoms with Crippen LogP contribution in [0.2, 0.25) is 0 Å². The molecule has 10 aromatic carbocycles. The van der Waals surface area contributed by atoms with E-state index in [1.54, 1.807) is 0 Å². The fourth-order valence-corrected chi connectivity index (χ4v) is 8.69. The Labute approximate surface area is 337 Å². The molecule has 0 N–H and O–H groups in total. The maximum absolute atomic E-state index is 6.54. The lowest BCUT2D eigenvalue weighted by Gasteiger charge is -2.28. The second-order valence-electron chi connectivity index (χ2n) is 14.9. The molecule has 0 spiro atoms. The number of hydrogen-bond donors (Lipinski definition) is 0. The second kappa shape index (κ2) is 14.1. The van der Waals surface area contributed by atoms with Gasteiger partial charge in [0.25, 0.3) is 0 Å². The Hall–Kier alpha value is -7.68. The molecule has 0 bridgehead atoms. The maximum atomic E-state index is 6.54. The summed E-state index contributed by atoms with van der Waals surface area (Å²) < 4.78 is 6.54. The molecule has 272 valence electrons. The number of para-hydroxylation sites is 2. The summed E-state index contributed by atoms with van der Waals surface area (Å²) in [5, 5.41) is 7.19. The van der Waals surface area contributed by atoms with Crippen molar-refractivity contribution in [2.24, 2.45) is 0 Å². The molecule has 0 atom stereocenters. The highest BCUT2D eigenvalue weighted by molar-refractivity contribution is 6.22. The van der Waals surface area contributed by atoms with Gasteiger partial charge < -0.3 is 9.32 Å². The number of fused-ring (bicyclic) bond motifs is 6. The summed E-state index contributed by atoms with van der Waals surface area (Å²) in [7, 11) is 0. The number of furan rings is 1. The van der Waals surface area contributed by atoms with Gasteiger partial charge in [-0.2, -0.15) is 0 Å². The Kier molecular flexibility index (Phi) is 8.19. The zero-order valence-electron chi connectivity index (χ0n) is 31.7. The minimum atomic E-state index is 0.888. The van der Waals surface area contributed by atoms with E-state index < -0.39 is 0 Å². The van der Waals surface area contributed by atoms with Crippen molar-refractivity contribution in [2.45, 2.75) is 0 Å². The summed E-state index contributed by atoms with van der Waals surface area (Å²) in [5.74, 6) is 0. The average molecular weight is 740 g/mol. The molecule has 0 radical (unpaired) electrons. The van der Waals surface area contributed by atoms with Crippen molar-refractivity contribution in [1.29, 1.82) is 0 Å². The fraction of sp³-hybridized carbons (Fsp3) is 0. The number of anilines is 3. The molecule has 0 aliphatic rings. The van der Waals surface area contributed by atoms with Gasteiger partial charge in [-0.25, -0.2) is 0 Å². The molecular weight excluding hydrogens is 703 g/mol. The third-order valence-corrected chi connectivity index (χ3v) is 11.5. The molecule has 0 aliphatic carbocycles. The Bertz CT molecular complexity index is 3250. The van der Waals surface area contributed by atoms with Gasteiger partial charge in [-0.05, 0) is 103 Å². The third-order valence-electron chi connectivity index (χ3n) is 11.5. The highest BCUT2D eigenvalue weighted by atomic mass is 16.3. The zero-order valence-corrected chi connectivity index (χ0v) is 31.7. The third kappa shape index (κ3) is 5.82. The topological polar surface area (TPSA) is 16.4 Å². The van der Waals surface area contributed by atoms with E-state index in [0.29, 0.717) is 0 Å². The minimum Gasteiger partial charge on any atom is -0.456 e. The Morgan fingerprint density at radius 2 is 0.793 bits per heavy atom. The largest absolute Gasteiger partial charge is 0.456 e. The summed E-state index contributed by atoms with van der Waals surface area (Å²) in [5.41, 5.74) is 14.5. The van der Waals surface area contributed by atoms with Crippen molar-refractivity contribution in [3.8, 4) is 44.5 Å². The van der Waals surface area contributed by atoms with Crippen LogP contribution in [-0.2, 0) is 0 Å². The van der Waals surface area contributed by atoms with Crippen LogP contribution in [0.3, 0.4) is 0 Å². The van der Waals surface area contributed by atoms with Gasteiger partial charge in [0.2, 0.25) is 0 Å². The van der Waals surface area contributed by atoms with E-state index in [2.05, 4.69) is 223 Å². The standard InChI is InChI=1S/C56H37NO/c1-2-13-38(14-3-1)40-29-33-44(34-30-40)57(45-35-31-41(32-36-45)39-25-27-43(28-26-39)47-22-12-16-42-15-4-5-17-46(42)47)53-23-10-8-19-49(53)52-37-55-56(50-20-7-6-18-48(50)52)51-21-9-11-24-54(51)58-55/h1-37H. The molecule has 0 aliphatic heterocycles. The molecule has 0 saturated carbocycles. The van der Waals surface area contributed by atoms with Crippen LogP contribution in [0.5, 0.6) is 0 Å². The first-order valence-corrected chi connectivity index (χ1v) is 19.8. The molecule has 1 aromatic heterocycles. The van der Waals surface area contributed by atoms with E-state index >= 15 is 0 Å². The molecule has 1 heterocycles. The van der Waals surface area contributed by atoms with Crippen molar-refractivity contribution in [1.82, 2.24) is 0 Å². The summed E-state index contributed by atoms with van der Waals surface area (Å²) in [6.07, 6.45) is 0. The first-order chi connectivity index (χ1) is 28.8. The van der Waals surface area contributed by atoms with E-state index in [1.165, 1.54) is 54.9 Å². The first-order valence-electron chi connectivity index (χ1n) is 19.8. The van der Waals surface area contributed by atoms with Crippen molar-refractivity contribution < 1.29 is 4.42 Å². The van der Waals surface area contributed by atoms with Crippen molar-refractivity contribution >= 4 is 60.5 Å². The van der Waals surface area contributed by atoms with E-state index in [0.717, 1.165) is 50.1 Å². The number of benzene rings is 10. The van der Waals surface area contributed by atoms with Crippen molar-refractivity contribution in [3.63, 3.8) is 0 Å². The summed E-state index contributed by atoms with van der Waals surface area (Å²) >= 11 is 0. The molecule has 2 nitrogen and oxygen atoms in total. The zero-order chi connectivity index (χ0) is 38.4. The van der Waals surface area contributed by atoms with E-state index in [1.807, 2.05) is 6.07 Å². The van der Waals surface area contributed by atoms with Gasteiger partial charge >= 0.3 is 0 Å². The minimum absolute atomic E-state index is 0.888. The van der Waals surface area contributed by atoms with Gasteiger partial charge in [0.1, 0.15) is 11.2 Å². The summed E-state index contributed by atoms with van der Waals surface area (Å²) in [6.45, 7) is 0. The number of hydrogen-bond acceptors (Lipinski definition) is 2. The first kappa shape index (κ1) is 33.6. The van der Waals surface area contributed by atoms with Crippen LogP contribution in [0.1, 0.15) is 0 Å². The number of rotatable bonds is 7. The van der Waals surface area contributed by atoms with E-state index in [9.17, 15) is 0 Å². The normalized spacial score (nSPS) is 11.4. The highest BCUT2D eigenvalue weighted by Gasteiger charge is 2.21. The molecule has 0 saturated heterocycles. The van der Waals surface area contributed by atoms with Gasteiger partial charge in [-0.1, -0.05) is 182 Å². The summed E-state index contributed by atoms with van der Waals surface area (Å²) in [6, 6.07) is 80.6. The molecule has 11 rings (SSSR count). The van der Waals surface area contributed by atoms with E-state index in [4.69, 9.17) is 4.42 Å². The van der Waals surface area contributed by atoms with Gasteiger partial charge in [-0.3, -0.25) is 0 Å². The lowest BCUT2D eigenvalue weighted by atomic mass is 9.93. The smallest absolute Gasteiger partial charge is 0.136 e. The molecule has 0 amide bonds. The van der Waals surface area contributed by atoms with Crippen LogP contribution in [0, 0.1) is 0 Å². The van der Waals surface area contributed by atoms with E-state index in [-0.39, 0.29) is 0 Å². The average Bonchev–Trinajstić information content (AvgIpc) is 3.69. The quantitative estimate of drug-likeness (QED) is 0.162. The lowest BCUT2D eigenvalue weighted by molar-refractivity contribution is 0.669. The van der Waals surface area contributed by atoms with Crippen LogP contribution in [-0.4, -0.2) is 0 Å². The molecule has 2 heteroatoms. The highest BCUT2D eigenvalue weighted by Crippen LogP contribution is 2.46. The molecule has 11 aromatic rings. The molecule has 0 unspecified atom stereocenters. The summed E-state index contributed by atoms with van der Waals surface area (Å²) in [4.78, 5) is 2.38. The monoisotopic (exact) mass is 739 g/mol. The molecular formula is C56H37NO. The van der Waals surface area contributed by atoms with Gasteiger partial charge in [0, 0.05) is 27.7 Å². The number of nitrogens with zero attached hydrogens (tertiary/aromatic N) is 1. The van der Waals surface area contributed by atoms with Crippen molar-refractivity contribution in [3.05, 3.63) is 224 Å².